The van der Waals surface area contributed by atoms with Gasteiger partial charge in [0.15, 0.2) is 0 Å². The summed E-state index contributed by atoms with van der Waals surface area (Å²) in [5.41, 5.74) is 0.881. The Labute approximate surface area is 80.0 Å². The van der Waals surface area contributed by atoms with E-state index in [1.54, 1.807) is 0 Å². The van der Waals surface area contributed by atoms with E-state index in [9.17, 15) is 4.39 Å². The molecule has 1 aliphatic rings. The van der Waals surface area contributed by atoms with Gasteiger partial charge in [-0.3, -0.25) is 0 Å². The third-order valence-corrected chi connectivity index (χ3v) is 2.32. The molecule has 0 aromatic rings. The molecule has 0 heterocycles. The van der Waals surface area contributed by atoms with E-state index in [-0.39, 0.29) is 11.5 Å². The molecule has 2 atom stereocenters. The van der Waals surface area contributed by atoms with E-state index < -0.39 is 6.17 Å². The lowest BCUT2D eigenvalue weighted by Gasteiger charge is -2.22. The molecule has 1 aliphatic carbocycles. The molecule has 76 valence electrons. The molecule has 1 nitrogen and oxygen atoms in total. The fraction of sp³-hybridized carbons (Fsp3) is 0.818. The van der Waals surface area contributed by atoms with E-state index in [0.717, 1.165) is 5.57 Å². The maximum Gasteiger partial charge on any atom is 0.104 e. The highest BCUT2D eigenvalue weighted by atomic mass is 19.1. The summed E-state index contributed by atoms with van der Waals surface area (Å²) in [5, 5.41) is 0. The van der Waals surface area contributed by atoms with Crippen LogP contribution in [0.15, 0.2) is 12.2 Å². The van der Waals surface area contributed by atoms with Crippen LogP contribution in [-0.2, 0) is 4.74 Å². The highest BCUT2D eigenvalue weighted by molar-refractivity contribution is 5.09. The number of hydrogen-bond donors (Lipinski definition) is 0. The number of ether oxygens (including phenoxy) is 1. The minimum Gasteiger partial charge on any atom is -0.375 e. The van der Waals surface area contributed by atoms with Crippen molar-refractivity contribution in [1.82, 2.24) is 0 Å². The Morgan fingerprint density at radius 1 is 1.54 bits per heavy atom. The second-order valence-corrected chi connectivity index (χ2v) is 4.82. The molecular weight excluding hydrogens is 167 g/mol. The number of halogens is 1. The molecule has 0 amide bonds. The molecule has 0 aromatic heterocycles. The summed E-state index contributed by atoms with van der Waals surface area (Å²) in [6, 6.07) is 0. The summed E-state index contributed by atoms with van der Waals surface area (Å²) in [5.74, 6) is 0.231. The first-order chi connectivity index (χ1) is 5.88. The summed E-state index contributed by atoms with van der Waals surface area (Å²) >= 11 is 0. The summed E-state index contributed by atoms with van der Waals surface area (Å²) in [4.78, 5) is 0. The zero-order valence-electron chi connectivity index (χ0n) is 8.77. The van der Waals surface area contributed by atoms with Gasteiger partial charge < -0.3 is 4.74 Å². The van der Waals surface area contributed by atoms with Crippen LogP contribution >= 0.6 is 0 Å². The lowest BCUT2D eigenvalue weighted by molar-refractivity contribution is -0.0170. The van der Waals surface area contributed by atoms with Crippen LogP contribution in [0.4, 0.5) is 4.39 Å². The topological polar surface area (TPSA) is 9.23 Å². The normalized spacial score (nSPS) is 29.7. The first-order valence-corrected chi connectivity index (χ1v) is 4.84. The molecule has 0 bridgehead atoms. The lowest BCUT2D eigenvalue weighted by Crippen LogP contribution is -2.23. The van der Waals surface area contributed by atoms with Gasteiger partial charge in [-0.25, -0.2) is 4.39 Å². The SMILES string of the molecule is C=C1C[C@@H](F)CC1COC(C)(C)C. The quantitative estimate of drug-likeness (QED) is 0.602. The fourth-order valence-electron chi connectivity index (χ4n) is 1.55. The maximum atomic E-state index is 12.9. The van der Waals surface area contributed by atoms with Gasteiger partial charge in [0.2, 0.25) is 0 Å². The highest BCUT2D eigenvalue weighted by Gasteiger charge is 2.28. The van der Waals surface area contributed by atoms with Gasteiger partial charge in [0.25, 0.3) is 0 Å². The van der Waals surface area contributed by atoms with Gasteiger partial charge in [0.1, 0.15) is 6.17 Å². The average Bonchev–Trinajstić information content (AvgIpc) is 2.24. The van der Waals surface area contributed by atoms with Gasteiger partial charge in [-0.1, -0.05) is 12.2 Å². The van der Waals surface area contributed by atoms with Gasteiger partial charge >= 0.3 is 0 Å². The van der Waals surface area contributed by atoms with E-state index in [0.29, 0.717) is 19.4 Å². The second kappa shape index (κ2) is 3.79. The fourth-order valence-corrected chi connectivity index (χ4v) is 1.55. The van der Waals surface area contributed by atoms with Crippen LogP contribution in [0, 0.1) is 5.92 Å². The Bertz CT molecular complexity index is 193. The zero-order chi connectivity index (χ0) is 10.1. The zero-order valence-corrected chi connectivity index (χ0v) is 8.77. The minimum absolute atomic E-state index is 0.130. The largest absolute Gasteiger partial charge is 0.375 e. The van der Waals surface area contributed by atoms with Crippen LogP contribution in [0.1, 0.15) is 33.6 Å². The standard InChI is InChI=1S/C11H19FO/c1-8-5-10(12)6-9(8)7-13-11(2,3)4/h9-10H,1,5-7H2,2-4H3/t9?,10-/m1/s1. The average molecular weight is 186 g/mol. The highest BCUT2D eigenvalue weighted by Crippen LogP contribution is 2.32. The van der Waals surface area contributed by atoms with Gasteiger partial charge in [-0.05, 0) is 33.6 Å². The molecule has 0 aromatic carbocycles. The molecule has 0 radical (unpaired) electrons. The molecule has 1 unspecified atom stereocenters. The van der Waals surface area contributed by atoms with E-state index in [4.69, 9.17) is 4.74 Å². The van der Waals surface area contributed by atoms with Crippen LogP contribution < -0.4 is 0 Å². The Kier molecular flexibility index (Phi) is 3.12. The van der Waals surface area contributed by atoms with Crippen molar-refractivity contribution < 1.29 is 9.13 Å². The van der Waals surface area contributed by atoms with Gasteiger partial charge in [0.05, 0.1) is 12.2 Å². The van der Waals surface area contributed by atoms with Crippen molar-refractivity contribution >= 4 is 0 Å². The first-order valence-electron chi connectivity index (χ1n) is 4.84. The smallest absolute Gasteiger partial charge is 0.104 e. The molecule has 1 fully saturated rings. The minimum atomic E-state index is -0.693. The molecule has 1 saturated carbocycles. The van der Waals surface area contributed by atoms with E-state index >= 15 is 0 Å². The van der Waals surface area contributed by atoms with Crippen molar-refractivity contribution in [2.24, 2.45) is 5.92 Å². The van der Waals surface area contributed by atoms with E-state index in [2.05, 4.69) is 6.58 Å². The summed E-state index contributed by atoms with van der Waals surface area (Å²) < 4.78 is 18.5. The van der Waals surface area contributed by atoms with Crippen LogP contribution in [0.25, 0.3) is 0 Å². The van der Waals surface area contributed by atoms with Crippen molar-refractivity contribution in [3.05, 3.63) is 12.2 Å². The van der Waals surface area contributed by atoms with Crippen LogP contribution in [0.3, 0.4) is 0 Å². The molecule has 0 saturated heterocycles. The van der Waals surface area contributed by atoms with Crippen molar-refractivity contribution in [3.63, 3.8) is 0 Å². The first kappa shape index (κ1) is 10.7. The van der Waals surface area contributed by atoms with Crippen molar-refractivity contribution in [3.8, 4) is 0 Å². The summed E-state index contributed by atoms with van der Waals surface area (Å²) in [6.07, 6.45) is 0.425. The molecule has 2 heteroatoms. The maximum absolute atomic E-state index is 12.9. The summed E-state index contributed by atoms with van der Waals surface area (Å²) in [6.45, 7) is 10.5. The van der Waals surface area contributed by atoms with Crippen LogP contribution in [-0.4, -0.2) is 18.4 Å². The van der Waals surface area contributed by atoms with Crippen molar-refractivity contribution in [2.75, 3.05) is 6.61 Å². The van der Waals surface area contributed by atoms with Gasteiger partial charge in [0, 0.05) is 5.92 Å². The predicted molar refractivity (Wildman–Crippen MR) is 52.5 cm³/mol. The lowest BCUT2D eigenvalue weighted by atomic mass is 10.1. The molecule has 13 heavy (non-hydrogen) atoms. The Hall–Kier alpha value is -0.370. The van der Waals surface area contributed by atoms with Crippen LogP contribution in [0.5, 0.6) is 0 Å². The predicted octanol–water partition coefficient (Wildman–Crippen LogP) is 3.11. The molecular formula is C11H19FO. The number of rotatable bonds is 2. The van der Waals surface area contributed by atoms with E-state index in [1.807, 2.05) is 20.8 Å². The molecule has 0 spiro atoms. The number of hydrogen-bond acceptors (Lipinski definition) is 1. The summed E-state index contributed by atoms with van der Waals surface area (Å²) in [7, 11) is 0. The third kappa shape index (κ3) is 3.47. The monoisotopic (exact) mass is 186 g/mol. The molecule has 0 aliphatic heterocycles. The molecule has 1 rings (SSSR count). The van der Waals surface area contributed by atoms with Gasteiger partial charge in [-0.2, -0.15) is 0 Å². The number of alkyl halides is 1. The Morgan fingerprint density at radius 3 is 2.54 bits per heavy atom. The van der Waals surface area contributed by atoms with Crippen molar-refractivity contribution in [1.29, 1.82) is 0 Å². The third-order valence-electron chi connectivity index (χ3n) is 2.32. The van der Waals surface area contributed by atoms with E-state index in [1.165, 1.54) is 0 Å². The molecule has 0 N–H and O–H groups in total. The Balaban J connectivity index is 2.34. The van der Waals surface area contributed by atoms with Crippen LogP contribution in [0.2, 0.25) is 0 Å². The van der Waals surface area contributed by atoms with Gasteiger partial charge in [-0.15, -0.1) is 0 Å². The second-order valence-electron chi connectivity index (χ2n) is 4.82. The Morgan fingerprint density at radius 2 is 2.15 bits per heavy atom. The van der Waals surface area contributed by atoms with Crippen molar-refractivity contribution in [2.45, 2.75) is 45.4 Å².